The highest BCUT2D eigenvalue weighted by Crippen LogP contribution is 2.18. The van der Waals surface area contributed by atoms with Crippen molar-refractivity contribution in [3.63, 3.8) is 0 Å². The van der Waals surface area contributed by atoms with Gasteiger partial charge in [0, 0.05) is 18.2 Å². The lowest BCUT2D eigenvalue weighted by Gasteiger charge is -2.22. The molecular weight excluding hydrogens is 621 g/mol. The van der Waals surface area contributed by atoms with Crippen LogP contribution < -0.4 is 38.9 Å². The first-order valence-electron chi connectivity index (χ1n) is 12.7. The monoisotopic (exact) mass is 656 g/mol. The molecule has 1 aromatic rings. The number of nitrogens with two attached hydrogens (primary N) is 4. The van der Waals surface area contributed by atoms with Crippen LogP contribution in [0.2, 0.25) is 0 Å². The van der Waals surface area contributed by atoms with Crippen molar-refractivity contribution in [1.82, 2.24) is 20.2 Å². The Balaban J connectivity index is 0.00000123. The molecule has 12 N–H and O–H groups in total. The number of aromatic nitrogens is 2. The molecule has 0 aliphatic carbocycles. The Kier molecular flexibility index (Phi) is 15.8. The number of thioether (sulfide) groups is 1. The molecule has 2 rings (SSSR count). The molecule has 1 aromatic heterocycles. The lowest BCUT2D eigenvalue weighted by atomic mass is 10.1. The number of rotatable bonds is 16. The number of anilines is 1. The number of primary amides is 1. The first-order chi connectivity index (χ1) is 20.5. The SMILES string of the molecule is C[C@@H](CSCC(=O)OCCOCn1cnc2c1NC(N)NC2=O)C(=O)N[C@H](CCCN=C(N)N)C(N)=O.O=C(O)C(F)(F)F. The lowest BCUT2D eigenvalue weighted by molar-refractivity contribution is -0.192. The van der Waals surface area contributed by atoms with Crippen LogP contribution in [0.1, 0.15) is 30.3 Å². The summed E-state index contributed by atoms with van der Waals surface area (Å²) in [4.78, 5) is 64.4. The van der Waals surface area contributed by atoms with E-state index in [0.29, 0.717) is 31.0 Å². The molecule has 0 bridgehead atoms. The van der Waals surface area contributed by atoms with Crippen molar-refractivity contribution in [1.29, 1.82) is 0 Å². The summed E-state index contributed by atoms with van der Waals surface area (Å²) in [6.07, 6.45) is -3.60. The molecule has 1 aliphatic rings. The summed E-state index contributed by atoms with van der Waals surface area (Å²) >= 11 is 1.23. The van der Waals surface area contributed by atoms with Crippen molar-refractivity contribution in [2.75, 3.05) is 36.6 Å². The second-order valence-electron chi connectivity index (χ2n) is 8.90. The van der Waals surface area contributed by atoms with E-state index in [0.717, 1.165) is 0 Å². The van der Waals surface area contributed by atoms with E-state index in [1.165, 1.54) is 18.1 Å². The van der Waals surface area contributed by atoms with Crippen LogP contribution in [0.4, 0.5) is 19.0 Å². The van der Waals surface area contributed by atoms with Gasteiger partial charge in [0.2, 0.25) is 11.8 Å². The molecule has 18 nitrogen and oxygen atoms in total. The zero-order valence-corrected chi connectivity index (χ0v) is 24.3. The van der Waals surface area contributed by atoms with Crippen molar-refractivity contribution >= 4 is 53.2 Å². The maximum Gasteiger partial charge on any atom is 0.490 e. The third-order valence-electron chi connectivity index (χ3n) is 5.24. The number of carbonyl (C=O) groups is 5. The molecule has 0 saturated heterocycles. The maximum absolute atomic E-state index is 12.4. The molecule has 44 heavy (non-hydrogen) atoms. The van der Waals surface area contributed by atoms with Gasteiger partial charge in [0.25, 0.3) is 5.91 Å². The van der Waals surface area contributed by atoms with Crippen LogP contribution in [-0.2, 0) is 35.4 Å². The summed E-state index contributed by atoms with van der Waals surface area (Å²) in [6.45, 7) is 2.22. The van der Waals surface area contributed by atoms with Crippen LogP contribution >= 0.6 is 11.8 Å². The van der Waals surface area contributed by atoms with E-state index in [1.807, 2.05) is 0 Å². The second kappa shape index (κ2) is 18.4. The van der Waals surface area contributed by atoms with Crippen LogP contribution in [0, 0.1) is 5.92 Å². The Morgan fingerprint density at radius 2 is 1.89 bits per heavy atom. The number of nitrogens with one attached hydrogen (secondary N) is 3. The van der Waals surface area contributed by atoms with Crippen LogP contribution in [0.5, 0.6) is 0 Å². The van der Waals surface area contributed by atoms with Gasteiger partial charge in [0.1, 0.15) is 25.2 Å². The number of ether oxygens (including phenoxy) is 2. The van der Waals surface area contributed by atoms with Gasteiger partial charge in [0.05, 0.1) is 18.7 Å². The van der Waals surface area contributed by atoms with Crippen LogP contribution in [0.25, 0.3) is 0 Å². The van der Waals surface area contributed by atoms with Crippen molar-refractivity contribution < 1.29 is 51.7 Å². The number of nitrogens with zero attached hydrogens (tertiary/aromatic N) is 3. The highest BCUT2D eigenvalue weighted by molar-refractivity contribution is 7.99. The van der Waals surface area contributed by atoms with Crippen LogP contribution in [0.3, 0.4) is 0 Å². The number of halogens is 3. The molecule has 1 unspecified atom stereocenters. The van der Waals surface area contributed by atoms with E-state index in [1.54, 1.807) is 11.5 Å². The predicted molar refractivity (Wildman–Crippen MR) is 149 cm³/mol. The fourth-order valence-electron chi connectivity index (χ4n) is 3.11. The Morgan fingerprint density at radius 3 is 2.48 bits per heavy atom. The Hall–Kier alpha value is -4.31. The lowest BCUT2D eigenvalue weighted by Crippen LogP contribution is -2.51. The number of amides is 3. The fourth-order valence-corrected chi connectivity index (χ4v) is 3.98. The van der Waals surface area contributed by atoms with Crippen LogP contribution in [0.15, 0.2) is 11.3 Å². The number of carbonyl (C=O) groups excluding carboxylic acids is 4. The first kappa shape index (κ1) is 37.7. The van der Waals surface area contributed by atoms with E-state index >= 15 is 0 Å². The Morgan fingerprint density at radius 1 is 1.23 bits per heavy atom. The number of carboxylic acids is 1. The average molecular weight is 657 g/mol. The largest absolute Gasteiger partial charge is 0.490 e. The molecule has 3 atom stereocenters. The van der Waals surface area contributed by atoms with Gasteiger partial charge in [-0.25, -0.2) is 9.78 Å². The number of fused-ring (bicyclic) bond motifs is 1. The standard InChI is InChI=1S/C20H34N10O6S.C2HF3O2/c1-11(17(33)27-12(15(21)32)3-2-4-25-19(22)23)7-37-8-13(31)36-6-5-35-10-30-9-26-14-16(30)28-20(24)29-18(14)34;3-2(4,5)1(6)7/h9,11-12,20,28H,2-8,10,24H2,1H3,(H2,21,32)(H,27,33)(H,29,34)(H4,22,23,25);(H,6,7)/t11-,12+,20?;/m0./s1. The smallest absolute Gasteiger partial charge is 0.475 e. The first-order valence-corrected chi connectivity index (χ1v) is 13.8. The fraction of sp³-hybridized carbons (Fsp3) is 0.591. The molecule has 0 saturated carbocycles. The summed E-state index contributed by atoms with van der Waals surface area (Å²) in [7, 11) is 0. The molecular formula is C22H35F3N10O8S. The van der Waals surface area contributed by atoms with Gasteiger partial charge < -0.3 is 47.7 Å². The van der Waals surface area contributed by atoms with Crippen LogP contribution in [-0.4, -0.2) is 100 Å². The van der Waals surface area contributed by atoms with E-state index in [9.17, 15) is 32.3 Å². The molecule has 1 aliphatic heterocycles. The van der Waals surface area contributed by atoms with Crippen molar-refractivity contribution in [3.05, 3.63) is 12.0 Å². The van der Waals surface area contributed by atoms with Crippen molar-refractivity contribution in [2.45, 2.75) is 45.0 Å². The zero-order valence-electron chi connectivity index (χ0n) is 23.5. The van der Waals surface area contributed by atoms with Gasteiger partial charge in [0.15, 0.2) is 17.9 Å². The topological polar surface area (TPSA) is 294 Å². The molecule has 0 spiro atoms. The summed E-state index contributed by atoms with van der Waals surface area (Å²) in [5.74, 6) is -4.30. The summed E-state index contributed by atoms with van der Waals surface area (Å²) < 4.78 is 43.9. The number of imidazole rings is 1. The normalized spacial score (nSPS) is 15.2. The van der Waals surface area contributed by atoms with Gasteiger partial charge in [-0.05, 0) is 12.8 Å². The number of alkyl halides is 3. The summed E-state index contributed by atoms with van der Waals surface area (Å²) in [5, 5.41) is 15.1. The van der Waals surface area contributed by atoms with Gasteiger partial charge in [-0.3, -0.25) is 34.5 Å². The summed E-state index contributed by atoms with van der Waals surface area (Å²) in [6, 6.07) is -0.836. The number of guanidine groups is 1. The highest BCUT2D eigenvalue weighted by atomic mass is 32.2. The minimum atomic E-state index is -5.08. The van der Waals surface area contributed by atoms with Gasteiger partial charge in [-0.15, -0.1) is 11.8 Å². The minimum Gasteiger partial charge on any atom is -0.475 e. The second-order valence-corrected chi connectivity index (χ2v) is 9.93. The molecule has 2 heterocycles. The van der Waals surface area contributed by atoms with E-state index in [2.05, 4.69) is 25.9 Å². The molecule has 3 amide bonds. The third kappa shape index (κ3) is 14.2. The minimum absolute atomic E-state index is 0.0277. The number of hydrogen-bond donors (Lipinski definition) is 8. The van der Waals surface area contributed by atoms with Gasteiger partial charge >= 0.3 is 18.1 Å². The van der Waals surface area contributed by atoms with E-state index in [-0.39, 0.29) is 49.2 Å². The molecule has 0 fully saturated rings. The van der Waals surface area contributed by atoms with Crippen molar-refractivity contribution in [3.8, 4) is 0 Å². The average Bonchev–Trinajstić information content (AvgIpc) is 3.32. The molecule has 22 heteroatoms. The van der Waals surface area contributed by atoms with Gasteiger partial charge in [-0.1, -0.05) is 6.92 Å². The zero-order chi connectivity index (χ0) is 33.4. The molecule has 248 valence electrons. The number of aliphatic carboxylic acids is 1. The van der Waals surface area contributed by atoms with E-state index < -0.39 is 42.3 Å². The Bertz CT molecular complexity index is 1180. The third-order valence-corrected chi connectivity index (χ3v) is 6.41. The highest BCUT2D eigenvalue weighted by Gasteiger charge is 2.38. The number of hydrogen-bond acceptors (Lipinski definition) is 12. The van der Waals surface area contributed by atoms with Crippen molar-refractivity contribution in [2.24, 2.45) is 33.8 Å². The molecule has 0 aromatic carbocycles. The quantitative estimate of drug-likeness (QED) is 0.0406. The number of aliphatic imine (C=N–C) groups is 1. The number of esters is 1. The van der Waals surface area contributed by atoms with Gasteiger partial charge in [-0.2, -0.15) is 13.2 Å². The Labute approximate surface area is 252 Å². The number of carboxylic acid groups (broad SMARTS) is 1. The maximum atomic E-state index is 12.4. The molecule has 0 radical (unpaired) electrons. The van der Waals surface area contributed by atoms with E-state index in [4.69, 9.17) is 42.3 Å². The summed E-state index contributed by atoms with van der Waals surface area (Å²) in [5.41, 5.74) is 21.8. The predicted octanol–water partition coefficient (Wildman–Crippen LogP) is -2.18.